The second kappa shape index (κ2) is 8.73. The SMILES string of the molecule is O=C1C(=O)N(CN2CCN(c3ccccn3)CC2)C(=O)N1CCC1=CCCCC1. The zero-order valence-corrected chi connectivity index (χ0v) is 16.6. The first kappa shape index (κ1) is 19.6. The smallest absolute Gasteiger partial charge is 0.335 e. The van der Waals surface area contributed by atoms with Crippen LogP contribution in [-0.2, 0) is 9.59 Å². The molecule has 4 rings (SSSR count). The molecule has 1 aromatic rings. The Labute approximate surface area is 170 Å². The first-order valence-corrected chi connectivity index (χ1v) is 10.4. The maximum absolute atomic E-state index is 12.7. The summed E-state index contributed by atoms with van der Waals surface area (Å²) >= 11 is 0. The summed E-state index contributed by atoms with van der Waals surface area (Å²) in [4.78, 5) is 48.2. The standard InChI is InChI=1S/C21H27N5O3/c27-19-20(28)26(21(29)25(19)11-9-17-6-2-1-3-7-17)16-23-12-14-24(15-13-23)18-8-4-5-10-22-18/h4-6,8,10H,1-3,7,9,11-16H2. The molecule has 0 radical (unpaired) electrons. The molecular weight excluding hydrogens is 370 g/mol. The zero-order chi connectivity index (χ0) is 20.2. The number of urea groups is 1. The number of pyridine rings is 1. The molecule has 29 heavy (non-hydrogen) atoms. The normalized spacial score (nSPS) is 21.2. The van der Waals surface area contributed by atoms with E-state index in [4.69, 9.17) is 0 Å². The topological polar surface area (TPSA) is 77.1 Å². The van der Waals surface area contributed by atoms with E-state index in [9.17, 15) is 14.4 Å². The number of rotatable bonds is 6. The summed E-state index contributed by atoms with van der Waals surface area (Å²) in [7, 11) is 0. The number of carbonyl (C=O) groups excluding carboxylic acids is 3. The van der Waals surface area contributed by atoms with Gasteiger partial charge >= 0.3 is 17.8 Å². The van der Waals surface area contributed by atoms with Crippen molar-refractivity contribution in [3.63, 3.8) is 0 Å². The third-order valence-corrected chi connectivity index (χ3v) is 5.86. The molecule has 3 heterocycles. The van der Waals surface area contributed by atoms with Gasteiger partial charge in [-0.2, -0.15) is 0 Å². The van der Waals surface area contributed by atoms with Crippen molar-refractivity contribution in [3.8, 4) is 0 Å². The second-order valence-electron chi connectivity index (χ2n) is 7.77. The van der Waals surface area contributed by atoms with Gasteiger partial charge in [0.1, 0.15) is 5.82 Å². The highest BCUT2D eigenvalue weighted by Crippen LogP contribution is 2.22. The number of imide groups is 2. The molecule has 0 spiro atoms. The van der Waals surface area contributed by atoms with Crippen LogP contribution in [-0.4, -0.2) is 76.9 Å². The van der Waals surface area contributed by atoms with Crippen molar-refractivity contribution >= 4 is 23.7 Å². The van der Waals surface area contributed by atoms with Crippen molar-refractivity contribution in [3.05, 3.63) is 36.0 Å². The molecule has 2 aliphatic heterocycles. The predicted octanol–water partition coefficient (Wildman–Crippen LogP) is 1.84. The van der Waals surface area contributed by atoms with E-state index in [0.29, 0.717) is 26.1 Å². The van der Waals surface area contributed by atoms with Gasteiger partial charge in [-0.25, -0.2) is 14.7 Å². The quantitative estimate of drug-likeness (QED) is 0.414. The number of hydrogen-bond donors (Lipinski definition) is 0. The molecule has 1 aliphatic carbocycles. The maximum atomic E-state index is 12.7. The first-order chi connectivity index (χ1) is 14.1. The second-order valence-corrected chi connectivity index (χ2v) is 7.77. The number of carbonyl (C=O) groups is 3. The molecular formula is C21H27N5O3. The third-order valence-electron chi connectivity index (χ3n) is 5.86. The first-order valence-electron chi connectivity index (χ1n) is 10.4. The number of hydrogen-bond acceptors (Lipinski definition) is 6. The van der Waals surface area contributed by atoms with Crippen molar-refractivity contribution in [2.24, 2.45) is 0 Å². The van der Waals surface area contributed by atoms with Crippen LogP contribution in [0.5, 0.6) is 0 Å². The summed E-state index contributed by atoms with van der Waals surface area (Å²) in [6.07, 6.45) is 9.08. The van der Waals surface area contributed by atoms with Crippen LogP contribution in [0.25, 0.3) is 0 Å². The van der Waals surface area contributed by atoms with E-state index in [1.165, 1.54) is 12.0 Å². The van der Waals surface area contributed by atoms with Gasteiger partial charge in [0.25, 0.3) is 0 Å². The van der Waals surface area contributed by atoms with E-state index in [0.717, 1.165) is 48.0 Å². The molecule has 8 heteroatoms. The average molecular weight is 397 g/mol. The summed E-state index contributed by atoms with van der Waals surface area (Å²) in [5.41, 5.74) is 1.29. The van der Waals surface area contributed by atoms with Gasteiger partial charge in [-0.3, -0.25) is 19.4 Å². The number of amides is 4. The monoisotopic (exact) mass is 397 g/mol. The van der Waals surface area contributed by atoms with Crippen LogP contribution in [0.15, 0.2) is 36.0 Å². The highest BCUT2D eigenvalue weighted by Gasteiger charge is 2.44. The predicted molar refractivity (Wildman–Crippen MR) is 108 cm³/mol. The Bertz CT molecular complexity index is 802. The summed E-state index contributed by atoms with van der Waals surface area (Å²) in [6.45, 7) is 3.39. The van der Waals surface area contributed by atoms with Gasteiger partial charge in [0, 0.05) is 38.9 Å². The largest absolute Gasteiger partial charge is 0.354 e. The van der Waals surface area contributed by atoms with E-state index in [-0.39, 0.29) is 6.67 Å². The van der Waals surface area contributed by atoms with E-state index in [1.807, 2.05) is 23.1 Å². The Kier molecular flexibility index (Phi) is 5.89. The fourth-order valence-electron chi connectivity index (χ4n) is 4.12. The van der Waals surface area contributed by atoms with Crippen molar-refractivity contribution in [2.75, 3.05) is 44.3 Å². The zero-order valence-electron chi connectivity index (χ0n) is 16.6. The van der Waals surface area contributed by atoms with Gasteiger partial charge in [-0.15, -0.1) is 0 Å². The lowest BCUT2D eigenvalue weighted by Crippen LogP contribution is -2.51. The molecule has 8 nitrogen and oxygen atoms in total. The van der Waals surface area contributed by atoms with Crippen molar-refractivity contribution in [1.82, 2.24) is 19.7 Å². The Morgan fingerprint density at radius 1 is 0.931 bits per heavy atom. The summed E-state index contributed by atoms with van der Waals surface area (Å²) in [5.74, 6) is -0.475. The van der Waals surface area contributed by atoms with Crippen molar-refractivity contribution < 1.29 is 14.4 Å². The molecule has 0 bridgehead atoms. The van der Waals surface area contributed by atoms with Crippen LogP contribution in [0.2, 0.25) is 0 Å². The average Bonchev–Trinajstić information content (AvgIpc) is 2.97. The fourth-order valence-corrected chi connectivity index (χ4v) is 4.12. The van der Waals surface area contributed by atoms with Gasteiger partial charge in [-0.1, -0.05) is 17.7 Å². The third kappa shape index (κ3) is 4.32. The molecule has 4 amide bonds. The minimum absolute atomic E-state index is 0.165. The van der Waals surface area contributed by atoms with Gasteiger partial charge in [0.05, 0.1) is 6.67 Å². The maximum Gasteiger partial charge on any atom is 0.335 e. The lowest BCUT2D eigenvalue weighted by molar-refractivity contribution is -0.144. The number of allylic oxidation sites excluding steroid dienone is 1. The van der Waals surface area contributed by atoms with Crippen LogP contribution >= 0.6 is 0 Å². The van der Waals surface area contributed by atoms with E-state index in [2.05, 4.69) is 16.0 Å². The molecule has 0 N–H and O–H groups in total. The number of piperazine rings is 1. The van der Waals surface area contributed by atoms with E-state index in [1.54, 1.807) is 6.20 Å². The molecule has 1 aromatic heterocycles. The summed E-state index contributed by atoms with van der Waals surface area (Å²) in [5, 5.41) is 0. The Hall–Kier alpha value is -2.74. The molecule has 3 aliphatic rings. The molecule has 2 fully saturated rings. The Morgan fingerprint density at radius 3 is 2.41 bits per heavy atom. The van der Waals surface area contributed by atoms with Gasteiger partial charge in [0.15, 0.2) is 0 Å². The number of anilines is 1. The number of aromatic nitrogens is 1. The minimum Gasteiger partial charge on any atom is -0.354 e. The van der Waals surface area contributed by atoms with Gasteiger partial charge in [-0.05, 0) is 44.2 Å². The number of nitrogens with zero attached hydrogens (tertiary/aromatic N) is 5. The van der Waals surface area contributed by atoms with Crippen LogP contribution in [0, 0.1) is 0 Å². The molecule has 0 aromatic carbocycles. The molecule has 2 saturated heterocycles. The lowest BCUT2D eigenvalue weighted by atomic mass is 9.97. The van der Waals surface area contributed by atoms with Crippen molar-refractivity contribution in [2.45, 2.75) is 32.1 Å². The van der Waals surface area contributed by atoms with Crippen LogP contribution in [0.4, 0.5) is 10.6 Å². The Balaban J connectivity index is 1.31. The van der Waals surface area contributed by atoms with E-state index < -0.39 is 17.8 Å². The summed E-state index contributed by atoms with van der Waals surface area (Å²) < 4.78 is 0. The highest BCUT2D eigenvalue weighted by atomic mass is 16.2. The van der Waals surface area contributed by atoms with Gasteiger partial charge in [0.2, 0.25) is 0 Å². The lowest BCUT2D eigenvalue weighted by Gasteiger charge is -2.36. The van der Waals surface area contributed by atoms with Crippen LogP contribution in [0.1, 0.15) is 32.1 Å². The van der Waals surface area contributed by atoms with Gasteiger partial charge < -0.3 is 4.90 Å². The molecule has 0 saturated carbocycles. The Morgan fingerprint density at radius 2 is 1.72 bits per heavy atom. The van der Waals surface area contributed by atoms with Crippen molar-refractivity contribution in [1.29, 1.82) is 0 Å². The molecule has 0 unspecified atom stereocenters. The summed E-state index contributed by atoms with van der Waals surface area (Å²) in [6, 6.07) is 5.34. The highest BCUT2D eigenvalue weighted by molar-refractivity contribution is 6.44. The molecule has 154 valence electrons. The fraction of sp³-hybridized carbons (Fsp3) is 0.524. The van der Waals surface area contributed by atoms with Crippen LogP contribution < -0.4 is 4.90 Å². The molecule has 0 atom stereocenters. The van der Waals surface area contributed by atoms with Crippen LogP contribution in [0.3, 0.4) is 0 Å². The minimum atomic E-state index is -0.709. The van der Waals surface area contributed by atoms with E-state index >= 15 is 0 Å².